The smallest absolute Gasteiger partial charge is 0.303 e. The second-order valence-electron chi connectivity index (χ2n) is 11.6. The minimum absolute atomic E-state index is 0.00883. The zero-order valence-electron chi connectivity index (χ0n) is 24.7. The number of aromatic amines is 2. The van der Waals surface area contributed by atoms with Gasteiger partial charge in [0.05, 0.1) is 27.5 Å². The van der Waals surface area contributed by atoms with Gasteiger partial charge in [-0.05, 0) is 98.0 Å². The number of hydrogen-bond donors (Lipinski definition) is 4. The van der Waals surface area contributed by atoms with E-state index in [9.17, 15) is 19.8 Å². The molecule has 3 aliphatic heterocycles. The maximum absolute atomic E-state index is 11.6. The molecule has 6 rings (SSSR count). The molecule has 8 bridgehead atoms. The average Bonchev–Trinajstić information content (AvgIpc) is 3.69. The Hall–Kier alpha value is -4.37. The molecule has 0 spiro atoms. The largest absolute Gasteiger partial charge is 0.481 e. The van der Waals surface area contributed by atoms with Gasteiger partial charge < -0.3 is 20.2 Å². The molecule has 43 heavy (non-hydrogen) atoms. The minimum atomic E-state index is -0.874. The lowest BCUT2D eigenvalue weighted by molar-refractivity contribution is -0.137. The van der Waals surface area contributed by atoms with Crippen LogP contribution in [0.5, 0.6) is 0 Å². The quantitative estimate of drug-likeness (QED) is 0.221. The molecular weight excluding hydrogens is 560 g/mol. The van der Waals surface area contributed by atoms with Crippen LogP contribution in [0.1, 0.15) is 84.1 Å². The van der Waals surface area contributed by atoms with E-state index in [2.05, 4.69) is 54.0 Å². The summed E-state index contributed by atoms with van der Waals surface area (Å²) in [6.45, 7) is 12.3. The Kier molecular flexibility index (Phi) is 7.16. The number of thioether (sulfide) groups is 1. The zero-order valence-corrected chi connectivity index (χ0v) is 25.5. The first-order valence-electron chi connectivity index (χ1n) is 14.4. The molecular formula is C34H34N4O4S. The Morgan fingerprint density at radius 2 is 1.60 bits per heavy atom. The number of H-pyrrole nitrogens is 2. The van der Waals surface area contributed by atoms with Crippen LogP contribution in [0.25, 0.3) is 39.3 Å². The predicted octanol–water partition coefficient (Wildman–Crippen LogP) is 7.65. The van der Waals surface area contributed by atoms with Crippen molar-refractivity contribution >= 4 is 63.0 Å². The van der Waals surface area contributed by atoms with Crippen molar-refractivity contribution < 1.29 is 19.8 Å². The number of aliphatic carboxylic acids is 2. The van der Waals surface area contributed by atoms with Crippen LogP contribution in [0, 0.1) is 13.8 Å². The van der Waals surface area contributed by atoms with Crippen LogP contribution in [0.4, 0.5) is 0 Å². The summed E-state index contributed by atoms with van der Waals surface area (Å²) in [5, 5.41) is 21.1. The number of nitrogens with one attached hydrogen (secondary N) is 2. The molecule has 8 nitrogen and oxygen atoms in total. The third kappa shape index (κ3) is 4.91. The van der Waals surface area contributed by atoms with Crippen molar-refractivity contribution in [2.45, 2.75) is 64.0 Å². The fraction of sp³-hybridized carbons (Fsp3) is 0.294. The monoisotopic (exact) mass is 594 g/mol. The first-order chi connectivity index (χ1) is 20.5. The van der Waals surface area contributed by atoms with Crippen molar-refractivity contribution in [1.82, 2.24) is 19.9 Å². The van der Waals surface area contributed by atoms with Crippen LogP contribution in [0.2, 0.25) is 0 Å². The van der Waals surface area contributed by atoms with Crippen LogP contribution in [-0.4, -0.2) is 42.1 Å². The summed E-state index contributed by atoms with van der Waals surface area (Å²) >= 11 is 1.76. The number of hydrogen-bond acceptors (Lipinski definition) is 5. The molecule has 0 fully saturated rings. The van der Waals surface area contributed by atoms with Crippen molar-refractivity contribution in [3.05, 3.63) is 87.4 Å². The number of carboxylic acids is 2. The fourth-order valence-corrected chi connectivity index (χ4v) is 7.49. The number of nitrogens with zero attached hydrogens (tertiary/aromatic N) is 2. The Balaban J connectivity index is 1.74. The Morgan fingerprint density at radius 3 is 2.33 bits per heavy atom. The number of aryl methyl sites for hydroxylation is 3. The summed E-state index contributed by atoms with van der Waals surface area (Å²) in [5.41, 5.74) is 12.5. The molecule has 3 aromatic rings. The van der Waals surface area contributed by atoms with Crippen LogP contribution in [-0.2, 0) is 20.8 Å². The van der Waals surface area contributed by atoms with E-state index in [4.69, 9.17) is 9.97 Å². The van der Waals surface area contributed by atoms with Crippen LogP contribution < -0.4 is 0 Å². The summed E-state index contributed by atoms with van der Waals surface area (Å²) in [5.74, 6) is -1.66. The van der Waals surface area contributed by atoms with Gasteiger partial charge in [0.15, 0.2) is 0 Å². The summed E-state index contributed by atoms with van der Waals surface area (Å²) in [4.78, 5) is 40.4. The van der Waals surface area contributed by atoms with Gasteiger partial charge in [-0.15, -0.1) is 11.8 Å². The van der Waals surface area contributed by atoms with Crippen LogP contribution in [0.15, 0.2) is 42.3 Å². The van der Waals surface area contributed by atoms with Crippen LogP contribution in [0.3, 0.4) is 0 Å². The summed E-state index contributed by atoms with van der Waals surface area (Å²) in [6, 6.07) is 8.15. The number of carbonyl (C=O) groups is 2. The summed E-state index contributed by atoms with van der Waals surface area (Å²) < 4.78 is -0.264. The van der Waals surface area contributed by atoms with Gasteiger partial charge in [0.1, 0.15) is 0 Å². The second kappa shape index (κ2) is 10.7. The third-order valence-corrected chi connectivity index (χ3v) is 10.2. The molecule has 0 aromatic carbocycles. The van der Waals surface area contributed by atoms with E-state index in [1.807, 2.05) is 32.1 Å². The van der Waals surface area contributed by atoms with E-state index in [1.54, 1.807) is 11.8 Å². The van der Waals surface area contributed by atoms with Gasteiger partial charge in [0.25, 0.3) is 0 Å². The number of fused-ring (bicyclic) bond motifs is 11. The van der Waals surface area contributed by atoms with Gasteiger partial charge in [0, 0.05) is 46.4 Å². The number of allylic oxidation sites excluding steroid dienone is 3. The average molecular weight is 595 g/mol. The van der Waals surface area contributed by atoms with Crippen molar-refractivity contribution in [3.8, 4) is 0 Å². The lowest BCUT2D eigenvalue weighted by Crippen LogP contribution is -2.16. The molecule has 0 saturated carbocycles. The molecule has 220 valence electrons. The summed E-state index contributed by atoms with van der Waals surface area (Å²) in [7, 11) is 0. The van der Waals surface area contributed by atoms with Gasteiger partial charge in [-0.2, -0.15) is 0 Å². The number of carboxylic acid groups (broad SMARTS) is 2. The highest BCUT2D eigenvalue weighted by molar-refractivity contribution is 8.03. The maximum atomic E-state index is 11.6. The van der Waals surface area contributed by atoms with E-state index in [0.29, 0.717) is 18.5 Å². The highest BCUT2D eigenvalue weighted by Gasteiger charge is 2.45. The second-order valence-corrected chi connectivity index (χ2v) is 12.9. The molecule has 9 heteroatoms. The molecule has 0 aliphatic carbocycles. The Bertz CT molecular complexity index is 1950. The van der Waals surface area contributed by atoms with Crippen molar-refractivity contribution in [3.63, 3.8) is 0 Å². The number of aromatic nitrogens is 4. The predicted molar refractivity (Wildman–Crippen MR) is 173 cm³/mol. The maximum Gasteiger partial charge on any atom is 0.303 e. The van der Waals surface area contributed by atoms with Crippen molar-refractivity contribution in [2.75, 3.05) is 0 Å². The standard InChI is InChI=1S/C34H34N4O4S/c1-6-20-17(2)24-13-25-18(3)21(7-9-32(39)40)27(35-25)15-28-22(8-10-33(41)42)19(4)26(36-28)14-30-23-11-12-43-34(23,5)31(38-30)16-29(20)37-24/h6,11-16,23,36-37H,1,7-10H2,2-5H3,(H,39,40)(H,41,42). The highest BCUT2D eigenvalue weighted by atomic mass is 32.2. The van der Waals surface area contributed by atoms with E-state index in [-0.39, 0.29) is 23.5 Å². The first-order valence-corrected chi connectivity index (χ1v) is 15.2. The molecule has 3 aliphatic rings. The van der Waals surface area contributed by atoms with Crippen molar-refractivity contribution in [1.29, 1.82) is 0 Å². The molecule has 3 aromatic heterocycles. The normalized spacial score (nSPS) is 19.1. The van der Waals surface area contributed by atoms with E-state index >= 15 is 0 Å². The zero-order chi connectivity index (χ0) is 30.6. The third-order valence-electron chi connectivity index (χ3n) is 8.98. The van der Waals surface area contributed by atoms with Gasteiger partial charge in [-0.1, -0.05) is 18.7 Å². The molecule has 4 N–H and O–H groups in total. The van der Waals surface area contributed by atoms with Gasteiger partial charge in [-0.3, -0.25) is 14.6 Å². The lowest BCUT2D eigenvalue weighted by Gasteiger charge is -2.22. The molecule has 2 atom stereocenters. The lowest BCUT2D eigenvalue weighted by atomic mass is 9.90. The van der Waals surface area contributed by atoms with Gasteiger partial charge >= 0.3 is 11.9 Å². The van der Waals surface area contributed by atoms with Crippen molar-refractivity contribution in [2.24, 2.45) is 0 Å². The minimum Gasteiger partial charge on any atom is -0.481 e. The van der Waals surface area contributed by atoms with Gasteiger partial charge in [-0.25, -0.2) is 4.98 Å². The molecule has 6 heterocycles. The first kappa shape index (κ1) is 28.7. The van der Waals surface area contributed by atoms with E-state index in [1.165, 1.54) is 0 Å². The SMILES string of the molecule is C=Cc1c(C)c2cc3nc(cc4[nH]c(cc5nc(cc1[nH]2)C1(C)SC=CC51)c(C)c4CCC(=O)O)C(CCC(=O)O)=C3C. The van der Waals surface area contributed by atoms with E-state index < -0.39 is 11.9 Å². The molecule has 0 radical (unpaired) electrons. The number of rotatable bonds is 7. The highest BCUT2D eigenvalue weighted by Crippen LogP contribution is 2.55. The van der Waals surface area contributed by atoms with Gasteiger partial charge in [0.2, 0.25) is 0 Å². The Morgan fingerprint density at radius 1 is 0.930 bits per heavy atom. The molecule has 2 unspecified atom stereocenters. The molecule has 0 amide bonds. The Labute approximate surface area is 253 Å². The fourth-order valence-electron chi connectivity index (χ4n) is 6.40. The topological polar surface area (TPSA) is 132 Å². The van der Waals surface area contributed by atoms with E-state index in [0.717, 1.165) is 72.5 Å². The molecule has 0 saturated heterocycles. The van der Waals surface area contributed by atoms with Crippen LogP contribution >= 0.6 is 11.8 Å². The summed E-state index contributed by atoms with van der Waals surface area (Å²) in [6.07, 6.45) is 4.71.